The van der Waals surface area contributed by atoms with Crippen LogP contribution in [0.25, 0.3) is 0 Å². The normalized spacial score (nSPS) is 12.0. The molecular weight excluding hydrogens is 414 g/mol. The third kappa shape index (κ3) is 6.23. The largest absolute Gasteiger partial charge is 0.495 e. The van der Waals surface area contributed by atoms with Gasteiger partial charge in [-0.2, -0.15) is 0 Å². The number of hydrogen-bond acceptors (Lipinski definition) is 5. The van der Waals surface area contributed by atoms with Crippen LogP contribution < -0.4 is 20.1 Å². The van der Waals surface area contributed by atoms with Crippen molar-refractivity contribution in [1.82, 2.24) is 0 Å². The Kier molecular flexibility index (Phi) is 6.81. The Morgan fingerprint density at radius 3 is 2.19 bits per heavy atom. The lowest BCUT2D eigenvalue weighted by molar-refractivity contribution is -0.117. The van der Waals surface area contributed by atoms with Crippen LogP contribution in [0.1, 0.15) is 17.2 Å². The number of rotatable bonds is 8. The summed E-state index contributed by atoms with van der Waals surface area (Å²) in [6.45, 7) is 1.98. The first-order valence-corrected chi connectivity index (χ1v) is 11.5. The van der Waals surface area contributed by atoms with Crippen molar-refractivity contribution in [3.8, 4) is 5.75 Å². The zero-order chi connectivity index (χ0) is 22.4. The molecule has 0 saturated carbocycles. The lowest BCUT2D eigenvalue weighted by Gasteiger charge is -2.21. The van der Waals surface area contributed by atoms with Crippen LogP contribution in [0, 0.1) is 6.92 Å². The number of methoxy groups -OCH3 is 1. The zero-order valence-corrected chi connectivity index (χ0v) is 18.4. The lowest BCUT2D eigenvalue weighted by Crippen LogP contribution is -2.27. The van der Waals surface area contributed by atoms with E-state index in [0.717, 1.165) is 17.4 Å². The lowest BCUT2D eigenvalue weighted by atomic mass is 10.1. The minimum absolute atomic E-state index is 0.247. The molecule has 3 rings (SSSR count). The summed E-state index contributed by atoms with van der Waals surface area (Å²) in [5.74, 6) is 0.125. The van der Waals surface area contributed by atoms with E-state index in [1.807, 2.05) is 61.5 Å². The molecule has 162 valence electrons. The second-order valence-corrected chi connectivity index (χ2v) is 8.88. The number of aryl methyl sites for hydroxylation is 1. The smallest absolute Gasteiger partial charge is 0.251 e. The Labute approximate surface area is 182 Å². The van der Waals surface area contributed by atoms with Crippen LogP contribution in [0.2, 0.25) is 0 Å². The van der Waals surface area contributed by atoms with Gasteiger partial charge in [-0.15, -0.1) is 0 Å². The molecule has 3 N–H and O–H groups in total. The molecule has 8 heteroatoms. The van der Waals surface area contributed by atoms with Crippen molar-refractivity contribution in [3.63, 3.8) is 0 Å². The maximum absolute atomic E-state index is 13.1. The predicted octanol–water partition coefficient (Wildman–Crippen LogP) is 4.17. The van der Waals surface area contributed by atoms with Gasteiger partial charge in [0, 0.05) is 11.4 Å². The molecule has 7 nitrogen and oxygen atoms in total. The highest BCUT2D eigenvalue weighted by molar-refractivity contribution is 7.92. The fourth-order valence-electron chi connectivity index (χ4n) is 3.04. The van der Waals surface area contributed by atoms with Gasteiger partial charge in [-0.25, -0.2) is 8.42 Å². The summed E-state index contributed by atoms with van der Waals surface area (Å²) < 4.78 is 31.1. The van der Waals surface area contributed by atoms with E-state index in [1.54, 1.807) is 18.2 Å². The van der Waals surface area contributed by atoms with E-state index in [-0.39, 0.29) is 11.6 Å². The average Bonchev–Trinajstić information content (AvgIpc) is 2.73. The fourth-order valence-corrected chi connectivity index (χ4v) is 3.60. The number of nitrogens with one attached hydrogen (secondary N) is 3. The molecule has 0 radical (unpaired) electrons. The van der Waals surface area contributed by atoms with Crippen LogP contribution in [0.3, 0.4) is 0 Å². The highest BCUT2D eigenvalue weighted by Crippen LogP contribution is 2.31. The highest BCUT2D eigenvalue weighted by atomic mass is 32.2. The number of benzene rings is 3. The van der Waals surface area contributed by atoms with Gasteiger partial charge in [0.15, 0.2) is 0 Å². The van der Waals surface area contributed by atoms with Gasteiger partial charge in [-0.05, 0) is 42.8 Å². The van der Waals surface area contributed by atoms with Crippen molar-refractivity contribution in [2.45, 2.75) is 13.0 Å². The molecule has 0 aliphatic carbocycles. The maximum atomic E-state index is 13.1. The van der Waals surface area contributed by atoms with Gasteiger partial charge in [0.2, 0.25) is 10.0 Å². The van der Waals surface area contributed by atoms with Crippen molar-refractivity contribution >= 4 is 33.0 Å². The molecule has 0 aliphatic rings. The molecule has 1 unspecified atom stereocenters. The standard InChI is InChI=1S/C23H25N3O4S/c1-16-9-11-18(12-10-16)25-23(27)22(17-7-5-4-6-8-17)24-19-13-14-21(30-2)20(15-19)26-31(3,28)29/h4-15,22,24,26H,1-3H3,(H,25,27). The maximum Gasteiger partial charge on any atom is 0.251 e. The van der Waals surface area contributed by atoms with E-state index in [2.05, 4.69) is 15.4 Å². The summed E-state index contributed by atoms with van der Waals surface area (Å²) in [6.07, 6.45) is 1.06. The van der Waals surface area contributed by atoms with E-state index in [0.29, 0.717) is 17.1 Å². The van der Waals surface area contributed by atoms with Crippen LogP contribution in [-0.4, -0.2) is 27.7 Å². The second kappa shape index (κ2) is 9.53. The predicted molar refractivity (Wildman–Crippen MR) is 124 cm³/mol. The third-order valence-corrected chi connectivity index (χ3v) is 5.11. The molecule has 3 aromatic rings. The summed E-state index contributed by atoms with van der Waals surface area (Å²) in [4.78, 5) is 13.1. The monoisotopic (exact) mass is 439 g/mol. The number of ether oxygens (including phenoxy) is 1. The van der Waals surface area contributed by atoms with Crippen molar-refractivity contribution in [1.29, 1.82) is 0 Å². The van der Waals surface area contributed by atoms with Gasteiger partial charge < -0.3 is 15.4 Å². The van der Waals surface area contributed by atoms with Crippen molar-refractivity contribution in [2.24, 2.45) is 0 Å². The van der Waals surface area contributed by atoms with Crippen molar-refractivity contribution in [3.05, 3.63) is 83.9 Å². The summed E-state index contributed by atoms with van der Waals surface area (Å²) in [5.41, 5.74) is 3.38. The number of carbonyl (C=O) groups excluding carboxylic acids is 1. The molecule has 1 atom stereocenters. The van der Waals surface area contributed by atoms with E-state index in [4.69, 9.17) is 4.74 Å². The molecule has 0 heterocycles. The first-order valence-electron chi connectivity index (χ1n) is 9.60. The van der Waals surface area contributed by atoms with Crippen LogP contribution in [0.5, 0.6) is 5.75 Å². The molecular formula is C23H25N3O4S. The first-order chi connectivity index (χ1) is 14.7. The van der Waals surface area contributed by atoms with E-state index in [9.17, 15) is 13.2 Å². The van der Waals surface area contributed by atoms with Crippen molar-refractivity contribution in [2.75, 3.05) is 28.7 Å². The van der Waals surface area contributed by atoms with E-state index >= 15 is 0 Å². The first kappa shape index (κ1) is 22.2. The number of carbonyl (C=O) groups is 1. The minimum atomic E-state index is -3.50. The molecule has 0 fully saturated rings. The Balaban J connectivity index is 1.91. The Morgan fingerprint density at radius 1 is 0.935 bits per heavy atom. The minimum Gasteiger partial charge on any atom is -0.495 e. The molecule has 0 saturated heterocycles. The molecule has 31 heavy (non-hydrogen) atoms. The van der Waals surface area contributed by atoms with Crippen LogP contribution in [0.4, 0.5) is 17.1 Å². The van der Waals surface area contributed by atoms with Crippen LogP contribution in [0.15, 0.2) is 72.8 Å². The van der Waals surface area contributed by atoms with Gasteiger partial charge in [0.05, 0.1) is 19.1 Å². The van der Waals surface area contributed by atoms with E-state index < -0.39 is 16.1 Å². The number of hydrogen-bond donors (Lipinski definition) is 3. The molecule has 0 aromatic heterocycles. The summed E-state index contributed by atoms with van der Waals surface area (Å²) in [7, 11) is -2.05. The Hall–Kier alpha value is -3.52. The SMILES string of the molecule is COc1ccc(NC(C(=O)Nc2ccc(C)cc2)c2ccccc2)cc1NS(C)(=O)=O. The van der Waals surface area contributed by atoms with Gasteiger partial charge in [0.25, 0.3) is 5.91 Å². The Morgan fingerprint density at radius 2 is 1.58 bits per heavy atom. The molecule has 0 bridgehead atoms. The topological polar surface area (TPSA) is 96.5 Å². The van der Waals surface area contributed by atoms with Crippen LogP contribution >= 0.6 is 0 Å². The van der Waals surface area contributed by atoms with Gasteiger partial charge in [-0.1, -0.05) is 48.0 Å². The third-order valence-electron chi connectivity index (χ3n) is 4.52. The van der Waals surface area contributed by atoms with E-state index in [1.165, 1.54) is 7.11 Å². The molecule has 0 spiro atoms. The zero-order valence-electron chi connectivity index (χ0n) is 17.5. The molecule has 3 aromatic carbocycles. The fraction of sp³-hybridized carbons (Fsp3) is 0.174. The van der Waals surface area contributed by atoms with Crippen molar-refractivity contribution < 1.29 is 17.9 Å². The summed E-state index contributed by atoms with van der Waals surface area (Å²) >= 11 is 0. The molecule has 0 aliphatic heterocycles. The summed E-state index contributed by atoms with van der Waals surface area (Å²) in [5, 5.41) is 6.13. The van der Waals surface area contributed by atoms with Gasteiger partial charge in [-0.3, -0.25) is 9.52 Å². The molecule has 1 amide bonds. The Bertz CT molecular complexity index is 1150. The van der Waals surface area contributed by atoms with Gasteiger partial charge >= 0.3 is 0 Å². The number of amides is 1. The highest BCUT2D eigenvalue weighted by Gasteiger charge is 2.21. The number of anilines is 3. The second-order valence-electron chi connectivity index (χ2n) is 7.13. The number of sulfonamides is 1. The van der Waals surface area contributed by atoms with Gasteiger partial charge in [0.1, 0.15) is 11.8 Å². The van der Waals surface area contributed by atoms with Crippen LogP contribution in [-0.2, 0) is 14.8 Å². The average molecular weight is 440 g/mol. The summed E-state index contributed by atoms with van der Waals surface area (Å²) in [6, 6.07) is 21.1. The quantitative estimate of drug-likeness (QED) is 0.490.